The Kier molecular flexibility index (Phi) is 6.79. The van der Waals surface area contributed by atoms with Gasteiger partial charge in [0.25, 0.3) is 5.91 Å². The van der Waals surface area contributed by atoms with Gasteiger partial charge in [-0.3, -0.25) is 4.79 Å². The number of rotatable bonds is 9. The highest BCUT2D eigenvalue weighted by Gasteiger charge is 2.18. The summed E-state index contributed by atoms with van der Waals surface area (Å²) in [6.45, 7) is 9.86. The number of amides is 1. The van der Waals surface area contributed by atoms with Gasteiger partial charge in [0.05, 0.1) is 5.39 Å². The van der Waals surface area contributed by atoms with E-state index in [1.54, 1.807) is 4.68 Å². The number of hydrogen-bond donors (Lipinski definition) is 0. The fraction of sp³-hybridized carbons (Fsp3) is 0.632. The molecule has 0 bridgehead atoms. The molecule has 2 rings (SSSR count). The molecular weight excluding hydrogens is 316 g/mol. The van der Waals surface area contributed by atoms with E-state index in [0.717, 1.165) is 61.1 Å². The molecular formula is C19H30N4O2. The molecule has 1 amide bonds. The molecule has 2 heterocycles. The predicted molar refractivity (Wildman–Crippen MR) is 99.9 cm³/mol. The third-order valence-corrected chi connectivity index (χ3v) is 4.34. The van der Waals surface area contributed by atoms with Crippen LogP contribution in [0.25, 0.3) is 11.0 Å². The number of aromatic nitrogens is 3. The maximum absolute atomic E-state index is 12.6. The molecule has 0 atom stereocenters. The van der Waals surface area contributed by atoms with E-state index in [2.05, 4.69) is 23.9 Å². The predicted octanol–water partition coefficient (Wildman–Crippen LogP) is 3.39. The summed E-state index contributed by atoms with van der Waals surface area (Å²) in [7, 11) is 1.84. The van der Waals surface area contributed by atoms with Gasteiger partial charge in [-0.25, -0.2) is 9.67 Å². The monoisotopic (exact) mass is 346 g/mol. The molecule has 0 fully saturated rings. The largest absolute Gasteiger partial charge is 0.466 e. The van der Waals surface area contributed by atoms with Gasteiger partial charge < -0.3 is 9.64 Å². The van der Waals surface area contributed by atoms with Gasteiger partial charge in [0.1, 0.15) is 0 Å². The number of aryl methyl sites for hydroxylation is 3. The summed E-state index contributed by atoms with van der Waals surface area (Å²) in [4.78, 5) is 19.0. The first kappa shape index (κ1) is 19.2. The zero-order valence-corrected chi connectivity index (χ0v) is 16.1. The minimum Gasteiger partial charge on any atom is -0.466 e. The van der Waals surface area contributed by atoms with E-state index in [4.69, 9.17) is 4.74 Å². The van der Waals surface area contributed by atoms with Crippen molar-refractivity contribution < 1.29 is 9.53 Å². The molecule has 2 aromatic rings. The van der Waals surface area contributed by atoms with Crippen LogP contribution in [0, 0.1) is 13.8 Å². The molecule has 25 heavy (non-hydrogen) atoms. The number of ether oxygens (including phenoxy) is 1. The molecule has 0 saturated heterocycles. The molecule has 0 aliphatic carbocycles. The highest BCUT2D eigenvalue weighted by molar-refractivity contribution is 5.85. The number of hydrogen-bond acceptors (Lipinski definition) is 4. The van der Waals surface area contributed by atoms with Gasteiger partial charge in [0, 0.05) is 25.8 Å². The smallest absolute Gasteiger partial charge is 0.260 e. The molecule has 0 aliphatic rings. The summed E-state index contributed by atoms with van der Waals surface area (Å²) in [5.41, 5.74) is 2.79. The van der Waals surface area contributed by atoms with Crippen LogP contribution in [0.1, 0.15) is 50.8 Å². The summed E-state index contributed by atoms with van der Waals surface area (Å²) in [5, 5.41) is 5.29. The fourth-order valence-electron chi connectivity index (χ4n) is 2.93. The highest BCUT2D eigenvalue weighted by atomic mass is 16.5. The van der Waals surface area contributed by atoms with Crippen LogP contribution in [-0.4, -0.2) is 45.3 Å². The number of fused-ring (bicyclic) bond motifs is 1. The number of unbranched alkanes of at least 4 members (excludes halogenated alkanes) is 2. The Morgan fingerprint density at radius 3 is 2.44 bits per heavy atom. The summed E-state index contributed by atoms with van der Waals surface area (Å²) >= 11 is 0. The molecule has 6 heteroatoms. The Morgan fingerprint density at radius 1 is 1.20 bits per heavy atom. The molecule has 0 unspecified atom stereocenters. The second kappa shape index (κ2) is 8.83. The zero-order chi connectivity index (χ0) is 18.4. The van der Waals surface area contributed by atoms with E-state index < -0.39 is 0 Å². The van der Waals surface area contributed by atoms with Gasteiger partial charge >= 0.3 is 0 Å². The van der Waals surface area contributed by atoms with Crippen molar-refractivity contribution in [2.45, 2.75) is 53.4 Å². The van der Waals surface area contributed by atoms with Crippen molar-refractivity contribution in [3.63, 3.8) is 0 Å². The summed E-state index contributed by atoms with van der Waals surface area (Å²) in [6.07, 6.45) is 4.19. The van der Waals surface area contributed by atoms with Gasteiger partial charge in [-0.1, -0.05) is 26.7 Å². The molecule has 6 nitrogen and oxygen atoms in total. The van der Waals surface area contributed by atoms with Gasteiger partial charge in [0.15, 0.2) is 12.3 Å². The molecule has 0 radical (unpaired) electrons. The highest BCUT2D eigenvalue weighted by Crippen LogP contribution is 2.27. The number of carbonyl (C=O) groups is 1. The lowest BCUT2D eigenvalue weighted by molar-refractivity contribution is -0.133. The van der Waals surface area contributed by atoms with E-state index in [-0.39, 0.29) is 12.5 Å². The second-order valence-electron chi connectivity index (χ2n) is 6.58. The van der Waals surface area contributed by atoms with E-state index in [1.807, 2.05) is 31.9 Å². The maximum atomic E-state index is 12.6. The third-order valence-electron chi connectivity index (χ3n) is 4.34. The average Bonchev–Trinajstić information content (AvgIpc) is 2.89. The lowest BCUT2D eigenvalue weighted by atomic mass is 10.2. The van der Waals surface area contributed by atoms with Gasteiger partial charge in [0.2, 0.25) is 5.88 Å². The van der Waals surface area contributed by atoms with Crippen LogP contribution in [0.4, 0.5) is 0 Å². The van der Waals surface area contributed by atoms with Crippen molar-refractivity contribution in [1.29, 1.82) is 0 Å². The van der Waals surface area contributed by atoms with Gasteiger partial charge in [-0.05, 0) is 38.3 Å². The Labute approximate surface area is 150 Å². The van der Waals surface area contributed by atoms with Crippen molar-refractivity contribution in [3.8, 4) is 5.88 Å². The van der Waals surface area contributed by atoms with Crippen LogP contribution in [0.5, 0.6) is 5.88 Å². The Bertz CT molecular complexity index is 716. The van der Waals surface area contributed by atoms with E-state index in [0.29, 0.717) is 5.88 Å². The first-order valence-electron chi connectivity index (χ1n) is 9.19. The van der Waals surface area contributed by atoms with Crippen molar-refractivity contribution >= 4 is 16.9 Å². The molecule has 0 spiro atoms. The van der Waals surface area contributed by atoms with E-state index in [1.165, 1.54) is 0 Å². The quantitative estimate of drug-likeness (QED) is 0.698. The normalized spacial score (nSPS) is 11.1. The molecule has 0 saturated carbocycles. The van der Waals surface area contributed by atoms with Crippen LogP contribution in [0.2, 0.25) is 0 Å². The summed E-state index contributed by atoms with van der Waals surface area (Å²) in [6, 6.07) is 2.01. The molecule has 0 N–H and O–H groups in total. The topological polar surface area (TPSA) is 60.3 Å². The minimum atomic E-state index is 0.0207. The number of nitrogens with zero attached hydrogens (tertiary/aromatic N) is 4. The molecule has 0 aliphatic heterocycles. The van der Waals surface area contributed by atoms with Crippen molar-refractivity contribution in [3.05, 3.63) is 17.3 Å². The maximum Gasteiger partial charge on any atom is 0.260 e. The Hall–Kier alpha value is -2.11. The number of pyridine rings is 1. The molecule has 138 valence electrons. The van der Waals surface area contributed by atoms with Gasteiger partial charge in [-0.15, -0.1) is 5.10 Å². The average molecular weight is 346 g/mol. The first-order chi connectivity index (χ1) is 12.0. The van der Waals surface area contributed by atoms with Crippen LogP contribution in [-0.2, 0) is 11.8 Å². The molecule has 2 aromatic heterocycles. The Morgan fingerprint density at radius 2 is 1.84 bits per heavy atom. The fourth-order valence-corrected chi connectivity index (χ4v) is 2.93. The van der Waals surface area contributed by atoms with Crippen molar-refractivity contribution in [2.24, 2.45) is 7.05 Å². The van der Waals surface area contributed by atoms with Crippen molar-refractivity contribution in [1.82, 2.24) is 19.7 Å². The van der Waals surface area contributed by atoms with Crippen LogP contribution in [0.3, 0.4) is 0 Å². The van der Waals surface area contributed by atoms with Crippen LogP contribution < -0.4 is 4.74 Å². The summed E-state index contributed by atoms with van der Waals surface area (Å²) in [5.74, 6) is 0.514. The third kappa shape index (κ3) is 4.71. The SMILES string of the molecule is CCCCN(CCCC)C(=O)COc1nn(C)c2nc(C)cc(C)c12. The zero-order valence-electron chi connectivity index (χ0n) is 16.1. The lowest BCUT2D eigenvalue weighted by Crippen LogP contribution is -2.36. The van der Waals surface area contributed by atoms with Crippen LogP contribution in [0.15, 0.2) is 6.07 Å². The minimum absolute atomic E-state index is 0.0207. The lowest BCUT2D eigenvalue weighted by Gasteiger charge is -2.22. The summed E-state index contributed by atoms with van der Waals surface area (Å²) < 4.78 is 7.51. The second-order valence-corrected chi connectivity index (χ2v) is 6.58. The van der Waals surface area contributed by atoms with E-state index in [9.17, 15) is 4.79 Å². The van der Waals surface area contributed by atoms with E-state index >= 15 is 0 Å². The first-order valence-corrected chi connectivity index (χ1v) is 9.19. The van der Waals surface area contributed by atoms with Gasteiger partial charge in [-0.2, -0.15) is 0 Å². The Balaban J connectivity index is 2.11. The number of carbonyl (C=O) groups excluding carboxylic acids is 1. The van der Waals surface area contributed by atoms with Crippen molar-refractivity contribution in [2.75, 3.05) is 19.7 Å². The van der Waals surface area contributed by atoms with Crippen LogP contribution >= 0.6 is 0 Å². The molecule has 0 aromatic carbocycles. The standard InChI is InChI=1S/C19H30N4O2/c1-6-8-10-23(11-9-7-2)16(24)13-25-19-17-14(3)12-15(4)20-18(17)22(5)21-19/h12H,6-11,13H2,1-5H3.